The first-order chi connectivity index (χ1) is 3.86. The first-order valence-electron chi connectivity index (χ1n) is 2.82. The highest BCUT2D eigenvalue weighted by Gasteiger charge is 2.28. The van der Waals surface area contributed by atoms with Crippen molar-refractivity contribution in [3.63, 3.8) is 0 Å². The van der Waals surface area contributed by atoms with Gasteiger partial charge in [-0.25, -0.2) is 0 Å². The molecule has 0 atom stereocenters. The van der Waals surface area contributed by atoms with E-state index in [4.69, 9.17) is 5.26 Å². The number of nitrogens with zero attached hydrogens (tertiary/aromatic N) is 1. The Morgan fingerprint density at radius 3 is 2.62 bits per heavy atom. The Morgan fingerprint density at radius 2 is 2.25 bits per heavy atom. The monoisotopic (exact) mass is 113 g/mol. The van der Waals surface area contributed by atoms with Crippen molar-refractivity contribution in [3.8, 4) is 6.07 Å². The molecule has 1 rings (SSSR count). The summed E-state index contributed by atoms with van der Waals surface area (Å²) in [6, 6.07) is 2.10. The number of halogens is 1. The highest BCUT2D eigenvalue weighted by Crippen LogP contribution is 2.32. The molecule has 1 aliphatic rings. The number of hydrogen-bond donors (Lipinski definition) is 0. The minimum Gasteiger partial charge on any atom is -0.251 e. The molecule has 1 fully saturated rings. The first kappa shape index (κ1) is 5.55. The van der Waals surface area contributed by atoms with Crippen molar-refractivity contribution >= 4 is 0 Å². The highest BCUT2D eigenvalue weighted by molar-refractivity contribution is 4.93. The van der Waals surface area contributed by atoms with Gasteiger partial charge in [0.1, 0.15) is 0 Å². The Hall–Kier alpha value is -0.580. The fraction of sp³-hybridized carbons (Fsp3) is 0.833. The van der Waals surface area contributed by atoms with Crippen molar-refractivity contribution in [1.82, 2.24) is 0 Å². The molecule has 44 valence electrons. The molecule has 0 saturated heterocycles. The maximum absolute atomic E-state index is 11.6. The minimum absolute atomic E-state index is 0.163. The zero-order valence-corrected chi connectivity index (χ0v) is 4.60. The van der Waals surface area contributed by atoms with Gasteiger partial charge in [0.25, 0.3) is 0 Å². The van der Waals surface area contributed by atoms with Crippen LogP contribution >= 0.6 is 0 Å². The molecule has 0 heterocycles. The molecule has 1 nitrogen and oxygen atoms in total. The summed E-state index contributed by atoms with van der Waals surface area (Å²) < 4.78 is 11.6. The zero-order valence-electron chi connectivity index (χ0n) is 4.60. The summed E-state index contributed by atoms with van der Waals surface area (Å²) in [6.45, 7) is -0.238. The van der Waals surface area contributed by atoms with Crippen LogP contribution in [0.5, 0.6) is 0 Å². The Bertz CT molecular complexity index is 110. The average Bonchev–Trinajstić information content (AvgIpc) is 1.65. The number of nitriles is 1. The van der Waals surface area contributed by atoms with E-state index in [-0.39, 0.29) is 18.5 Å². The Labute approximate surface area is 48.1 Å². The number of hydrogen-bond acceptors (Lipinski definition) is 1. The minimum atomic E-state index is -0.238. The van der Waals surface area contributed by atoms with Crippen LogP contribution in [0.25, 0.3) is 0 Å². The lowest BCUT2D eigenvalue weighted by Crippen LogP contribution is -2.23. The summed E-state index contributed by atoms with van der Waals surface area (Å²) in [5, 5.41) is 8.23. The van der Waals surface area contributed by atoms with E-state index < -0.39 is 0 Å². The lowest BCUT2D eigenvalue weighted by atomic mass is 9.77. The fourth-order valence-corrected chi connectivity index (χ4v) is 0.967. The van der Waals surface area contributed by atoms with E-state index in [1.807, 2.05) is 0 Å². The Morgan fingerprint density at radius 1 is 1.62 bits per heavy atom. The van der Waals surface area contributed by atoms with Crippen molar-refractivity contribution < 1.29 is 4.39 Å². The van der Waals surface area contributed by atoms with E-state index in [0.717, 1.165) is 12.8 Å². The topological polar surface area (TPSA) is 23.8 Å². The third-order valence-electron chi connectivity index (χ3n) is 1.64. The van der Waals surface area contributed by atoms with Crippen LogP contribution in [0.15, 0.2) is 0 Å². The van der Waals surface area contributed by atoms with E-state index in [1.165, 1.54) is 0 Å². The molecule has 0 aromatic heterocycles. The number of rotatable bonds is 1. The third kappa shape index (κ3) is 0.812. The second kappa shape index (κ2) is 2.13. The molecular formula is C6H8FN. The second-order valence-corrected chi connectivity index (χ2v) is 2.32. The molecule has 1 saturated carbocycles. The van der Waals surface area contributed by atoms with Gasteiger partial charge in [0.2, 0.25) is 0 Å². The first-order valence-corrected chi connectivity index (χ1v) is 2.82. The van der Waals surface area contributed by atoms with Crippen molar-refractivity contribution in [2.24, 2.45) is 11.8 Å². The van der Waals surface area contributed by atoms with Crippen LogP contribution in [-0.2, 0) is 0 Å². The van der Waals surface area contributed by atoms with Gasteiger partial charge in [0, 0.05) is 5.92 Å². The summed E-state index contributed by atoms with van der Waals surface area (Å²) in [4.78, 5) is 0. The van der Waals surface area contributed by atoms with Crippen molar-refractivity contribution in [1.29, 1.82) is 5.26 Å². The van der Waals surface area contributed by atoms with E-state index in [0.29, 0.717) is 0 Å². The van der Waals surface area contributed by atoms with Gasteiger partial charge in [-0.15, -0.1) is 0 Å². The summed E-state index contributed by atoms with van der Waals surface area (Å²) in [5.74, 6) is 0.371. The molecule has 0 amide bonds. The molecule has 0 radical (unpaired) electrons. The van der Waals surface area contributed by atoms with Crippen molar-refractivity contribution in [3.05, 3.63) is 0 Å². The van der Waals surface area contributed by atoms with Crippen LogP contribution in [0.4, 0.5) is 4.39 Å². The van der Waals surface area contributed by atoms with Crippen LogP contribution in [-0.4, -0.2) is 6.67 Å². The summed E-state index contributed by atoms with van der Waals surface area (Å²) in [6.07, 6.45) is 1.57. The standard InChI is InChI=1S/C6H8FN/c7-3-5-1-6(2-5)4-8/h5-6H,1-3H2. The van der Waals surface area contributed by atoms with Gasteiger partial charge in [-0.1, -0.05) is 0 Å². The third-order valence-corrected chi connectivity index (χ3v) is 1.64. The largest absolute Gasteiger partial charge is 0.251 e. The lowest BCUT2D eigenvalue weighted by Gasteiger charge is -2.27. The summed E-state index contributed by atoms with van der Waals surface area (Å²) in [5.41, 5.74) is 0. The summed E-state index contributed by atoms with van der Waals surface area (Å²) in [7, 11) is 0. The molecule has 0 aliphatic heterocycles. The van der Waals surface area contributed by atoms with Gasteiger partial charge in [0.15, 0.2) is 0 Å². The van der Waals surface area contributed by atoms with Gasteiger partial charge in [0.05, 0.1) is 12.7 Å². The van der Waals surface area contributed by atoms with Crippen LogP contribution in [0.2, 0.25) is 0 Å². The quantitative estimate of drug-likeness (QED) is 0.505. The van der Waals surface area contributed by atoms with Crippen LogP contribution in [0.1, 0.15) is 12.8 Å². The maximum atomic E-state index is 11.6. The molecule has 1 aliphatic carbocycles. The van der Waals surface area contributed by atoms with Crippen molar-refractivity contribution in [2.75, 3.05) is 6.67 Å². The summed E-state index contributed by atoms with van der Waals surface area (Å²) >= 11 is 0. The van der Waals surface area contributed by atoms with E-state index >= 15 is 0 Å². The van der Waals surface area contributed by atoms with E-state index in [9.17, 15) is 4.39 Å². The Kier molecular flexibility index (Phi) is 1.48. The lowest BCUT2D eigenvalue weighted by molar-refractivity contribution is 0.195. The fourth-order valence-electron chi connectivity index (χ4n) is 0.967. The predicted molar refractivity (Wildman–Crippen MR) is 27.8 cm³/mol. The molecule has 0 spiro atoms. The molecule has 0 aromatic carbocycles. The van der Waals surface area contributed by atoms with E-state index in [2.05, 4.69) is 6.07 Å². The SMILES string of the molecule is N#CC1CC(CF)C1. The van der Waals surface area contributed by atoms with Gasteiger partial charge >= 0.3 is 0 Å². The zero-order chi connectivity index (χ0) is 5.98. The molecule has 2 heteroatoms. The van der Waals surface area contributed by atoms with E-state index in [1.54, 1.807) is 0 Å². The van der Waals surface area contributed by atoms with Gasteiger partial charge in [-0.3, -0.25) is 4.39 Å². The maximum Gasteiger partial charge on any atom is 0.0923 e. The average molecular weight is 113 g/mol. The van der Waals surface area contributed by atoms with Crippen LogP contribution in [0.3, 0.4) is 0 Å². The van der Waals surface area contributed by atoms with Gasteiger partial charge in [-0.2, -0.15) is 5.26 Å². The Balaban J connectivity index is 2.14. The van der Waals surface area contributed by atoms with Crippen LogP contribution in [0, 0.1) is 23.2 Å². The second-order valence-electron chi connectivity index (χ2n) is 2.32. The molecule has 0 aromatic rings. The van der Waals surface area contributed by atoms with Gasteiger partial charge < -0.3 is 0 Å². The molecule has 0 bridgehead atoms. The highest BCUT2D eigenvalue weighted by atomic mass is 19.1. The van der Waals surface area contributed by atoms with Crippen LogP contribution < -0.4 is 0 Å². The van der Waals surface area contributed by atoms with Gasteiger partial charge in [-0.05, 0) is 18.8 Å². The normalized spacial score (nSPS) is 35.5. The van der Waals surface area contributed by atoms with Crippen molar-refractivity contribution in [2.45, 2.75) is 12.8 Å². The molecule has 0 N–H and O–H groups in total. The predicted octanol–water partition coefficient (Wildman–Crippen LogP) is 1.51. The number of alkyl halides is 1. The molecule has 0 unspecified atom stereocenters. The molecular weight excluding hydrogens is 105 g/mol. The smallest absolute Gasteiger partial charge is 0.0923 e. The molecule has 8 heavy (non-hydrogen) atoms.